The van der Waals surface area contributed by atoms with Gasteiger partial charge in [0.15, 0.2) is 5.69 Å². The first-order valence-electron chi connectivity index (χ1n) is 8.76. The molecule has 6 heteroatoms. The fourth-order valence-electron chi connectivity index (χ4n) is 2.68. The Labute approximate surface area is 153 Å². The minimum Gasteiger partial charge on any atom is -0.493 e. The molecular formula is C20H24N4O2. The van der Waals surface area contributed by atoms with Gasteiger partial charge in [-0.05, 0) is 50.5 Å². The van der Waals surface area contributed by atoms with Crippen LogP contribution in [0.1, 0.15) is 48.4 Å². The average molecular weight is 352 g/mol. The highest BCUT2D eigenvalue weighted by atomic mass is 16.3. The van der Waals surface area contributed by atoms with Crippen molar-refractivity contribution >= 4 is 11.4 Å². The Morgan fingerprint density at radius 1 is 1.15 bits per heavy atom. The van der Waals surface area contributed by atoms with Crippen LogP contribution in [0, 0.1) is 32.1 Å². The van der Waals surface area contributed by atoms with Crippen LogP contribution in [-0.2, 0) is 6.54 Å². The molecule has 0 saturated carbocycles. The number of rotatable bonds is 6. The molecule has 1 aromatic heterocycles. The number of benzene rings is 1. The molecule has 0 spiro atoms. The first-order chi connectivity index (χ1) is 12.4. The van der Waals surface area contributed by atoms with E-state index < -0.39 is 5.56 Å². The second-order valence-electron chi connectivity index (χ2n) is 6.42. The van der Waals surface area contributed by atoms with Crippen molar-refractivity contribution in [2.75, 3.05) is 0 Å². The highest BCUT2D eigenvalue weighted by molar-refractivity contribution is 5.56. The number of aromatic hydroxyl groups is 1. The molecule has 26 heavy (non-hydrogen) atoms. The van der Waals surface area contributed by atoms with Gasteiger partial charge in [-0.2, -0.15) is 10.4 Å². The van der Waals surface area contributed by atoms with Gasteiger partial charge in [-0.15, -0.1) is 5.11 Å². The van der Waals surface area contributed by atoms with Crippen LogP contribution in [0.15, 0.2) is 33.2 Å². The molecular weight excluding hydrogens is 328 g/mol. The number of azo groups is 1. The Balaban J connectivity index is 2.51. The third kappa shape index (κ3) is 3.99. The second-order valence-corrected chi connectivity index (χ2v) is 6.42. The highest BCUT2D eigenvalue weighted by Gasteiger charge is 2.18. The third-order valence-corrected chi connectivity index (χ3v) is 4.51. The van der Waals surface area contributed by atoms with Crippen LogP contribution >= 0.6 is 0 Å². The number of unbranched alkanes of at least 4 members (excludes halogenated alkanes) is 2. The summed E-state index contributed by atoms with van der Waals surface area (Å²) in [6.45, 7) is 8.00. The minimum atomic E-state index is -0.428. The molecule has 136 valence electrons. The van der Waals surface area contributed by atoms with Crippen molar-refractivity contribution in [3.63, 3.8) is 0 Å². The van der Waals surface area contributed by atoms with Crippen LogP contribution in [-0.4, -0.2) is 9.67 Å². The van der Waals surface area contributed by atoms with E-state index in [1.807, 2.05) is 38.1 Å². The highest BCUT2D eigenvalue weighted by Crippen LogP contribution is 2.27. The fourth-order valence-corrected chi connectivity index (χ4v) is 2.68. The van der Waals surface area contributed by atoms with Crippen molar-refractivity contribution in [1.29, 1.82) is 5.26 Å². The summed E-state index contributed by atoms with van der Waals surface area (Å²) in [5.74, 6) is -0.295. The molecule has 0 amide bonds. The summed E-state index contributed by atoms with van der Waals surface area (Å²) in [4.78, 5) is 12.8. The molecule has 0 aliphatic heterocycles. The topological polar surface area (TPSA) is 90.7 Å². The maximum absolute atomic E-state index is 12.8. The maximum Gasteiger partial charge on any atom is 0.281 e. The lowest BCUT2D eigenvalue weighted by molar-refractivity contribution is 0.398. The predicted octanol–water partition coefficient (Wildman–Crippen LogP) is 4.96. The van der Waals surface area contributed by atoms with Crippen molar-refractivity contribution in [2.24, 2.45) is 10.2 Å². The summed E-state index contributed by atoms with van der Waals surface area (Å²) in [5.41, 5.74) is 2.94. The number of aromatic nitrogens is 1. The summed E-state index contributed by atoms with van der Waals surface area (Å²) in [7, 11) is 0. The molecule has 0 atom stereocenters. The summed E-state index contributed by atoms with van der Waals surface area (Å²) in [6.07, 6.45) is 2.67. The van der Waals surface area contributed by atoms with Crippen LogP contribution in [0.25, 0.3) is 0 Å². The van der Waals surface area contributed by atoms with E-state index in [0.717, 1.165) is 30.4 Å². The Kier molecular flexibility index (Phi) is 6.29. The molecule has 0 saturated heterocycles. The SMILES string of the molecule is CCCCCn1c(O)c(C#N)c(C)c(N=Nc2ccc(C)c(C)c2)c1=O. The van der Waals surface area contributed by atoms with Crippen molar-refractivity contribution in [3.05, 3.63) is 50.8 Å². The van der Waals surface area contributed by atoms with E-state index in [0.29, 0.717) is 17.8 Å². The van der Waals surface area contributed by atoms with Crippen molar-refractivity contribution < 1.29 is 5.11 Å². The quantitative estimate of drug-likeness (QED) is 0.588. The van der Waals surface area contributed by atoms with Gasteiger partial charge in [-0.25, -0.2) is 0 Å². The molecule has 0 aliphatic carbocycles. The Morgan fingerprint density at radius 2 is 1.88 bits per heavy atom. The van der Waals surface area contributed by atoms with Gasteiger partial charge in [0.2, 0.25) is 5.88 Å². The monoisotopic (exact) mass is 352 g/mol. The van der Waals surface area contributed by atoms with Crippen LogP contribution in [0.2, 0.25) is 0 Å². The number of nitriles is 1. The van der Waals surface area contributed by atoms with Gasteiger partial charge in [-0.1, -0.05) is 25.8 Å². The van der Waals surface area contributed by atoms with E-state index in [4.69, 9.17) is 0 Å². The molecule has 1 aromatic carbocycles. The zero-order chi connectivity index (χ0) is 19.3. The van der Waals surface area contributed by atoms with Crippen molar-refractivity contribution in [1.82, 2.24) is 4.57 Å². The first kappa shape index (κ1) is 19.4. The fraction of sp³-hybridized carbons (Fsp3) is 0.400. The van der Waals surface area contributed by atoms with Gasteiger partial charge in [0.1, 0.15) is 11.6 Å². The zero-order valence-electron chi connectivity index (χ0n) is 15.7. The van der Waals surface area contributed by atoms with E-state index in [1.165, 1.54) is 4.57 Å². The van der Waals surface area contributed by atoms with Crippen LogP contribution in [0.3, 0.4) is 0 Å². The van der Waals surface area contributed by atoms with Crippen molar-refractivity contribution in [3.8, 4) is 11.9 Å². The zero-order valence-corrected chi connectivity index (χ0v) is 15.7. The molecule has 1 heterocycles. The molecule has 1 N–H and O–H groups in total. The molecule has 2 rings (SSSR count). The minimum absolute atomic E-state index is 0.0649. The van der Waals surface area contributed by atoms with Gasteiger partial charge >= 0.3 is 0 Å². The Hall–Kier alpha value is -2.94. The standard InChI is InChI=1S/C20H24N4O2/c1-5-6-7-10-24-19(25)17(12-21)15(4)18(20(24)26)23-22-16-9-8-13(2)14(3)11-16/h8-9,11,25H,5-7,10H2,1-4H3. The largest absolute Gasteiger partial charge is 0.493 e. The van der Waals surface area contributed by atoms with Gasteiger partial charge in [-0.3, -0.25) is 9.36 Å². The first-order valence-corrected chi connectivity index (χ1v) is 8.76. The Bertz CT molecular complexity index is 936. The van der Waals surface area contributed by atoms with Crippen LogP contribution in [0.5, 0.6) is 5.88 Å². The lowest BCUT2D eigenvalue weighted by Crippen LogP contribution is -2.22. The Morgan fingerprint density at radius 3 is 2.50 bits per heavy atom. The summed E-state index contributed by atoms with van der Waals surface area (Å²) >= 11 is 0. The van der Waals surface area contributed by atoms with Crippen molar-refractivity contribution in [2.45, 2.75) is 53.5 Å². The lowest BCUT2D eigenvalue weighted by atomic mass is 10.1. The van der Waals surface area contributed by atoms with Gasteiger partial charge in [0.05, 0.1) is 5.69 Å². The van der Waals surface area contributed by atoms with Crippen LogP contribution in [0.4, 0.5) is 11.4 Å². The van der Waals surface area contributed by atoms with E-state index in [1.54, 1.807) is 6.92 Å². The molecule has 0 bridgehead atoms. The van der Waals surface area contributed by atoms with Gasteiger partial charge < -0.3 is 5.11 Å². The summed E-state index contributed by atoms with van der Waals surface area (Å²) in [6, 6.07) is 7.62. The predicted molar refractivity (Wildman–Crippen MR) is 101 cm³/mol. The molecule has 0 fully saturated rings. The average Bonchev–Trinajstić information content (AvgIpc) is 2.61. The molecule has 0 unspecified atom stereocenters. The summed E-state index contributed by atoms with van der Waals surface area (Å²) < 4.78 is 1.22. The molecule has 0 aliphatic rings. The van der Waals surface area contributed by atoms with E-state index in [9.17, 15) is 15.2 Å². The van der Waals surface area contributed by atoms with E-state index in [-0.39, 0.29) is 17.1 Å². The summed E-state index contributed by atoms with van der Waals surface area (Å²) in [5, 5.41) is 27.9. The number of nitrogens with zero attached hydrogens (tertiary/aromatic N) is 4. The molecule has 2 aromatic rings. The second kappa shape index (κ2) is 8.43. The third-order valence-electron chi connectivity index (χ3n) is 4.51. The lowest BCUT2D eigenvalue weighted by Gasteiger charge is -2.12. The number of aryl methyl sites for hydroxylation is 2. The van der Waals surface area contributed by atoms with Gasteiger partial charge in [0.25, 0.3) is 5.56 Å². The van der Waals surface area contributed by atoms with E-state index in [2.05, 4.69) is 17.2 Å². The van der Waals surface area contributed by atoms with Gasteiger partial charge in [0, 0.05) is 12.1 Å². The molecule has 0 radical (unpaired) electrons. The van der Waals surface area contributed by atoms with Crippen LogP contribution < -0.4 is 5.56 Å². The molecule has 6 nitrogen and oxygen atoms in total. The number of pyridine rings is 1. The smallest absolute Gasteiger partial charge is 0.281 e. The maximum atomic E-state index is 12.8. The van der Waals surface area contributed by atoms with E-state index >= 15 is 0 Å². The number of hydrogen-bond acceptors (Lipinski definition) is 5. The normalized spacial score (nSPS) is 11.0. The number of hydrogen-bond donors (Lipinski definition) is 1.